The van der Waals surface area contributed by atoms with E-state index in [2.05, 4.69) is 20.4 Å². The average Bonchev–Trinajstić information content (AvgIpc) is 2.78. The van der Waals surface area contributed by atoms with Crippen molar-refractivity contribution in [1.29, 1.82) is 0 Å². The third kappa shape index (κ3) is 3.65. The lowest BCUT2D eigenvalue weighted by molar-refractivity contribution is 0.263. The first-order valence-corrected chi connectivity index (χ1v) is 5.95. The molecular formula is C13H18N4O. The van der Waals surface area contributed by atoms with Crippen LogP contribution < -0.4 is 5.32 Å². The fourth-order valence-corrected chi connectivity index (χ4v) is 1.78. The summed E-state index contributed by atoms with van der Waals surface area (Å²) in [7, 11) is 3.93. The average molecular weight is 246 g/mol. The molecule has 0 aliphatic rings. The predicted octanol–water partition coefficient (Wildman–Crippen LogP) is 1.42. The second-order valence-corrected chi connectivity index (χ2v) is 4.31. The lowest BCUT2D eigenvalue weighted by Crippen LogP contribution is -2.17. The molecule has 0 fully saturated rings. The molecule has 0 aliphatic heterocycles. The van der Waals surface area contributed by atoms with Gasteiger partial charge < -0.3 is 9.84 Å². The molecule has 5 heteroatoms. The van der Waals surface area contributed by atoms with Crippen molar-refractivity contribution >= 4 is 0 Å². The largest absolute Gasteiger partial charge is 0.360 e. The molecule has 0 amide bonds. The summed E-state index contributed by atoms with van der Waals surface area (Å²) in [6, 6.07) is 7.91. The van der Waals surface area contributed by atoms with Gasteiger partial charge in [-0.05, 0) is 26.2 Å². The van der Waals surface area contributed by atoms with Crippen LogP contribution >= 0.6 is 0 Å². The zero-order valence-corrected chi connectivity index (χ0v) is 10.8. The predicted molar refractivity (Wildman–Crippen MR) is 68.7 cm³/mol. The highest BCUT2D eigenvalue weighted by molar-refractivity contribution is 5.06. The van der Waals surface area contributed by atoms with Crippen LogP contribution in [0.25, 0.3) is 0 Å². The molecule has 2 aromatic heterocycles. The maximum Gasteiger partial charge on any atom is 0.151 e. The standard InChI is InChI=1S/C13H18N4O/c1-14-8-12-7-13(18-16-12)10-17(2)9-11-5-3-4-6-15-11/h3-7,14H,8-10H2,1-2H3. The molecule has 96 valence electrons. The van der Waals surface area contributed by atoms with Crippen LogP contribution in [0.15, 0.2) is 35.0 Å². The van der Waals surface area contributed by atoms with E-state index < -0.39 is 0 Å². The van der Waals surface area contributed by atoms with Crippen molar-refractivity contribution in [2.45, 2.75) is 19.6 Å². The van der Waals surface area contributed by atoms with Crippen LogP contribution in [-0.4, -0.2) is 29.1 Å². The van der Waals surface area contributed by atoms with Gasteiger partial charge in [-0.1, -0.05) is 11.2 Å². The Hall–Kier alpha value is -1.72. The molecule has 0 saturated heterocycles. The van der Waals surface area contributed by atoms with Gasteiger partial charge in [0.1, 0.15) is 0 Å². The van der Waals surface area contributed by atoms with Crippen LogP contribution in [0.3, 0.4) is 0 Å². The molecule has 0 bridgehead atoms. The van der Waals surface area contributed by atoms with Crippen molar-refractivity contribution in [3.8, 4) is 0 Å². The summed E-state index contributed by atoms with van der Waals surface area (Å²) >= 11 is 0. The van der Waals surface area contributed by atoms with Crippen LogP contribution in [0, 0.1) is 0 Å². The van der Waals surface area contributed by atoms with E-state index >= 15 is 0 Å². The van der Waals surface area contributed by atoms with Gasteiger partial charge in [0.2, 0.25) is 0 Å². The quantitative estimate of drug-likeness (QED) is 0.835. The number of nitrogens with one attached hydrogen (secondary N) is 1. The summed E-state index contributed by atoms with van der Waals surface area (Å²) in [4.78, 5) is 6.44. The van der Waals surface area contributed by atoms with Crippen LogP contribution in [0.1, 0.15) is 17.1 Å². The summed E-state index contributed by atoms with van der Waals surface area (Å²) in [5.41, 5.74) is 1.98. The van der Waals surface area contributed by atoms with Crippen LogP contribution in [-0.2, 0) is 19.6 Å². The van der Waals surface area contributed by atoms with E-state index in [0.29, 0.717) is 0 Å². The molecule has 0 saturated carbocycles. The molecule has 1 N–H and O–H groups in total. The minimum absolute atomic E-state index is 0.729. The Bertz CT molecular complexity index is 469. The fraction of sp³-hybridized carbons (Fsp3) is 0.385. The van der Waals surface area contributed by atoms with Crippen LogP contribution in [0.5, 0.6) is 0 Å². The molecule has 0 unspecified atom stereocenters. The Morgan fingerprint density at radius 1 is 1.28 bits per heavy atom. The van der Waals surface area contributed by atoms with Gasteiger partial charge >= 0.3 is 0 Å². The topological polar surface area (TPSA) is 54.2 Å². The molecule has 18 heavy (non-hydrogen) atoms. The third-order valence-corrected chi connectivity index (χ3v) is 2.55. The van der Waals surface area contributed by atoms with Crippen molar-refractivity contribution in [3.63, 3.8) is 0 Å². The van der Waals surface area contributed by atoms with E-state index in [1.54, 1.807) is 0 Å². The van der Waals surface area contributed by atoms with Gasteiger partial charge in [-0.2, -0.15) is 0 Å². The smallest absolute Gasteiger partial charge is 0.151 e. The minimum Gasteiger partial charge on any atom is -0.360 e. The first kappa shape index (κ1) is 12.7. The number of aromatic nitrogens is 2. The van der Waals surface area contributed by atoms with E-state index in [4.69, 9.17) is 4.52 Å². The molecule has 0 spiro atoms. The summed E-state index contributed by atoms with van der Waals surface area (Å²) < 4.78 is 5.27. The maximum atomic E-state index is 5.27. The van der Waals surface area contributed by atoms with Crippen molar-refractivity contribution in [1.82, 2.24) is 20.4 Å². The van der Waals surface area contributed by atoms with Gasteiger partial charge in [0.05, 0.1) is 17.9 Å². The molecule has 0 radical (unpaired) electrons. The van der Waals surface area contributed by atoms with Crippen LogP contribution in [0.4, 0.5) is 0 Å². The highest BCUT2D eigenvalue weighted by atomic mass is 16.5. The molecule has 2 aromatic rings. The summed E-state index contributed by atoms with van der Waals surface area (Å²) in [5.74, 6) is 0.874. The monoisotopic (exact) mass is 246 g/mol. The van der Waals surface area contributed by atoms with Gasteiger partial charge in [-0.3, -0.25) is 9.88 Å². The Morgan fingerprint density at radius 3 is 2.89 bits per heavy atom. The maximum absolute atomic E-state index is 5.27. The SMILES string of the molecule is CNCc1cc(CN(C)Cc2ccccn2)on1. The Labute approximate surface area is 107 Å². The Kier molecular flexibility index (Phi) is 4.44. The fourth-order valence-electron chi connectivity index (χ4n) is 1.78. The van der Waals surface area contributed by atoms with E-state index in [0.717, 1.165) is 36.8 Å². The minimum atomic E-state index is 0.729. The van der Waals surface area contributed by atoms with Gasteiger partial charge in [-0.25, -0.2) is 0 Å². The summed E-state index contributed by atoms with van der Waals surface area (Å²) in [5, 5.41) is 7.03. The highest BCUT2D eigenvalue weighted by Gasteiger charge is 2.07. The van der Waals surface area contributed by atoms with Gasteiger partial charge in [0.25, 0.3) is 0 Å². The number of pyridine rings is 1. The number of hydrogen-bond donors (Lipinski definition) is 1. The third-order valence-electron chi connectivity index (χ3n) is 2.55. The second-order valence-electron chi connectivity index (χ2n) is 4.31. The van der Waals surface area contributed by atoms with Crippen LogP contribution in [0.2, 0.25) is 0 Å². The van der Waals surface area contributed by atoms with E-state index in [-0.39, 0.29) is 0 Å². The molecule has 0 aromatic carbocycles. The molecule has 2 heterocycles. The number of hydrogen-bond acceptors (Lipinski definition) is 5. The molecule has 0 aliphatic carbocycles. The van der Waals surface area contributed by atoms with Gasteiger partial charge in [-0.15, -0.1) is 0 Å². The molecule has 2 rings (SSSR count). The van der Waals surface area contributed by atoms with E-state index in [1.165, 1.54) is 0 Å². The zero-order chi connectivity index (χ0) is 12.8. The van der Waals surface area contributed by atoms with Gasteiger partial charge in [0.15, 0.2) is 5.76 Å². The molecule has 0 atom stereocenters. The first-order chi connectivity index (χ1) is 8.78. The molecule has 5 nitrogen and oxygen atoms in total. The number of nitrogens with zero attached hydrogens (tertiary/aromatic N) is 3. The molecular weight excluding hydrogens is 228 g/mol. The Morgan fingerprint density at radius 2 is 2.17 bits per heavy atom. The van der Waals surface area contributed by atoms with Crippen molar-refractivity contribution in [2.75, 3.05) is 14.1 Å². The number of rotatable bonds is 6. The van der Waals surface area contributed by atoms with Gasteiger partial charge in [0, 0.05) is 25.4 Å². The van der Waals surface area contributed by atoms with E-state index in [1.807, 2.05) is 44.6 Å². The van der Waals surface area contributed by atoms with Crippen molar-refractivity contribution in [3.05, 3.63) is 47.6 Å². The van der Waals surface area contributed by atoms with E-state index in [9.17, 15) is 0 Å². The highest BCUT2D eigenvalue weighted by Crippen LogP contribution is 2.08. The van der Waals surface area contributed by atoms with Crippen molar-refractivity contribution < 1.29 is 4.52 Å². The van der Waals surface area contributed by atoms with Crippen molar-refractivity contribution in [2.24, 2.45) is 0 Å². The zero-order valence-electron chi connectivity index (χ0n) is 10.8. The summed E-state index contributed by atoms with van der Waals surface area (Å²) in [6.07, 6.45) is 1.81. The second kappa shape index (κ2) is 6.28. The lowest BCUT2D eigenvalue weighted by atomic mass is 10.3. The normalized spacial score (nSPS) is 11.1. The summed E-state index contributed by atoms with van der Waals surface area (Å²) in [6.45, 7) is 2.25. The first-order valence-electron chi connectivity index (χ1n) is 5.95. The lowest BCUT2D eigenvalue weighted by Gasteiger charge is -2.13. The Balaban J connectivity index is 1.88.